The molecule has 0 aliphatic heterocycles. The van der Waals surface area contributed by atoms with Crippen molar-refractivity contribution in [2.75, 3.05) is 0 Å². The standard InChI is InChI=1S/C13H9ClF2O3S/c1-8-2-3-12(14)13(4-8)19-20(17,18)11-6-9(15)5-10(16)7-11/h2-7H,1H3. The van der Waals surface area contributed by atoms with Crippen LogP contribution in [0.1, 0.15) is 5.56 Å². The highest BCUT2D eigenvalue weighted by Gasteiger charge is 2.20. The van der Waals surface area contributed by atoms with Gasteiger partial charge in [0.25, 0.3) is 0 Å². The predicted molar refractivity (Wildman–Crippen MR) is 70.4 cm³/mol. The van der Waals surface area contributed by atoms with E-state index in [2.05, 4.69) is 0 Å². The molecule has 0 N–H and O–H groups in total. The van der Waals surface area contributed by atoms with E-state index in [4.69, 9.17) is 15.8 Å². The van der Waals surface area contributed by atoms with E-state index in [1.54, 1.807) is 13.0 Å². The third kappa shape index (κ3) is 3.26. The Balaban J connectivity index is 2.43. The Morgan fingerprint density at radius 3 is 2.25 bits per heavy atom. The second-order valence-electron chi connectivity index (χ2n) is 4.08. The lowest BCUT2D eigenvalue weighted by Gasteiger charge is -2.09. The average Bonchev–Trinajstić information content (AvgIpc) is 2.32. The smallest absolute Gasteiger partial charge is 0.339 e. The fourth-order valence-corrected chi connectivity index (χ4v) is 2.70. The Bertz CT molecular complexity index is 740. The van der Waals surface area contributed by atoms with Gasteiger partial charge in [0.2, 0.25) is 0 Å². The summed E-state index contributed by atoms with van der Waals surface area (Å²) in [6, 6.07) is 6.45. The lowest BCUT2D eigenvalue weighted by atomic mass is 10.2. The summed E-state index contributed by atoms with van der Waals surface area (Å²) in [5, 5.41) is 0.0797. The summed E-state index contributed by atoms with van der Waals surface area (Å²) < 4.78 is 54.8. The van der Waals surface area contributed by atoms with Gasteiger partial charge >= 0.3 is 10.1 Å². The first kappa shape index (κ1) is 14.7. The van der Waals surface area contributed by atoms with Crippen molar-refractivity contribution in [1.29, 1.82) is 0 Å². The van der Waals surface area contributed by atoms with Crippen molar-refractivity contribution in [3.05, 3.63) is 58.6 Å². The van der Waals surface area contributed by atoms with Gasteiger partial charge in [0.05, 0.1) is 5.02 Å². The van der Waals surface area contributed by atoms with Gasteiger partial charge in [-0.1, -0.05) is 17.7 Å². The molecule has 0 unspecified atom stereocenters. The summed E-state index contributed by atoms with van der Waals surface area (Å²) in [4.78, 5) is -0.618. The summed E-state index contributed by atoms with van der Waals surface area (Å²) in [6.07, 6.45) is 0. The number of hydrogen-bond acceptors (Lipinski definition) is 3. The number of halogens is 3. The third-order valence-electron chi connectivity index (χ3n) is 2.41. The molecule has 0 atom stereocenters. The predicted octanol–water partition coefficient (Wildman–Crippen LogP) is 3.69. The lowest BCUT2D eigenvalue weighted by Crippen LogP contribution is -2.11. The molecule has 0 aliphatic rings. The summed E-state index contributed by atoms with van der Waals surface area (Å²) in [5.41, 5.74) is 0.727. The average molecular weight is 319 g/mol. The van der Waals surface area contributed by atoms with Crippen LogP contribution < -0.4 is 4.18 Å². The van der Waals surface area contributed by atoms with Crippen LogP contribution in [0.5, 0.6) is 5.75 Å². The lowest BCUT2D eigenvalue weighted by molar-refractivity contribution is 0.482. The van der Waals surface area contributed by atoms with Crippen LogP contribution in [0.2, 0.25) is 5.02 Å². The van der Waals surface area contributed by atoms with Crippen LogP contribution in [-0.4, -0.2) is 8.42 Å². The molecule has 0 aliphatic carbocycles. The van der Waals surface area contributed by atoms with Crippen molar-refractivity contribution in [3.63, 3.8) is 0 Å². The van der Waals surface area contributed by atoms with Gasteiger partial charge < -0.3 is 4.18 Å². The Morgan fingerprint density at radius 2 is 1.65 bits per heavy atom. The van der Waals surface area contributed by atoms with Gasteiger partial charge in [-0.2, -0.15) is 8.42 Å². The molecule has 0 aromatic heterocycles. The second kappa shape index (κ2) is 5.38. The highest BCUT2D eigenvalue weighted by Crippen LogP contribution is 2.28. The van der Waals surface area contributed by atoms with Crippen LogP contribution in [0.15, 0.2) is 41.3 Å². The maximum Gasteiger partial charge on any atom is 0.339 e. The molecule has 0 amide bonds. The Morgan fingerprint density at radius 1 is 1.05 bits per heavy atom. The molecule has 0 heterocycles. The van der Waals surface area contributed by atoms with E-state index in [9.17, 15) is 17.2 Å². The molecule has 0 fully saturated rings. The Hall–Kier alpha value is -1.66. The van der Waals surface area contributed by atoms with Gasteiger partial charge in [0.1, 0.15) is 16.5 Å². The van der Waals surface area contributed by atoms with Crippen molar-refractivity contribution in [2.24, 2.45) is 0 Å². The summed E-state index contributed by atoms with van der Waals surface area (Å²) in [5.74, 6) is -2.12. The minimum atomic E-state index is -4.36. The van der Waals surface area contributed by atoms with Crippen LogP contribution in [0.25, 0.3) is 0 Å². The van der Waals surface area contributed by atoms with E-state index in [0.717, 1.165) is 5.56 Å². The molecule has 106 valence electrons. The first-order valence-electron chi connectivity index (χ1n) is 5.45. The third-order valence-corrected chi connectivity index (χ3v) is 3.94. The number of benzene rings is 2. The first-order chi connectivity index (χ1) is 9.28. The van der Waals surface area contributed by atoms with Gasteiger partial charge in [-0.3, -0.25) is 0 Å². The summed E-state index contributed by atoms with van der Waals surface area (Å²) in [7, 11) is -4.36. The molecular weight excluding hydrogens is 310 g/mol. The zero-order chi connectivity index (χ0) is 14.9. The van der Waals surface area contributed by atoms with Crippen molar-refractivity contribution in [3.8, 4) is 5.75 Å². The molecule has 7 heteroatoms. The van der Waals surface area contributed by atoms with Gasteiger partial charge in [-0.25, -0.2) is 8.78 Å². The highest BCUT2D eigenvalue weighted by molar-refractivity contribution is 7.87. The Labute approximate surface area is 119 Å². The number of rotatable bonds is 3. The largest absolute Gasteiger partial charge is 0.377 e. The topological polar surface area (TPSA) is 43.4 Å². The molecule has 0 radical (unpaired) electrons. The number of hydrogen-bond donors (Lipinski definition) is 0. The van der Waals surface area contributed by atoms with Gasteiger partial charge in [-0.15, -0.1) is 0 Å². The van der Waals surface area contributed by atoms with E-state index >= 15 is 0 Å². The first-order valence-corrected chi connectivity index (χ1v) is 7.23. The zero-order valence-electron chi connectivity index (χ0n) is 10.2. The van der Waals surface area contributed by atoms with Gasteiger partial charge in [0.15, 0.2) is 5.75 Å². The van der Waals surface area contributed by atoms with Crippen LogP contribution in [0.4, 0.5) is 8.78 Å². The summed E-state index contributed by atoms with van der Waals surface area (Å²) >= 11 is 5.81. The molecule has 0 bridgehead atoms. The zero-order valence-corrected chi connectivity index (χ0v) is 11.8. The van der Waals surface area contributed by atoms with E-state index < -0.39 is 26.6 Å². The molecule has 0 spiro atoms. The van der Waals surface area contributed by atoms with Gasteiger partial charge in [0, 0.05) is 6.07 Å². The second-order valence-corrected chi connectivity index (χ2v) is 6.03. The molecule has 2 aromatic carbocycles. The van der Waals surface area contributed by atoms with E-state index in [1.807, 2.05) is 0 Å². The molecule has 20 heavy (non-hydrogen) atoms. The van der Waals surface area contributed by atoms with E-state index in [1.165, 1.54) is 12.1 Å². The van der Waals surface area contributed by atoms with Crippen LogP contribution in [0.3, 0.4) is 0 Å². The SMILES string of the molecule is Cc1ccc(Cl)c(OS(=O)(=O)c2cc(F)cc(F)c2)c1. The van der Waals surface area contributed by atoms with Crippen LogP contribution >= 0.6 is 11.6 Å². The molecule has 3 nitrogen and oxygen atoms in total. The Kier molecular flexibility index (Phi) is 3.96. The molecular formula is C13H9ClF2O3S. The minimum absolute atomic E-state index is 0.0797. The van der Waals surface area contributed by atoms with Gasteiger partial charge in [-0.05, 0) is 36.8 Å². The van der Waals surface area contributed by atoms with Crippen molar-refractivity contribution in [1.82, 2.24) is 0 Å². The van der Waals surface area contributed by atoms with Crippen molar-refractivity contribution < 1.29 is 21.4 Å². The maximum absolute atomic E-state index is 13.1. The van der Waals surface area contributed by atoms with Crippen LogP contribution in [-0.2, 0) is 10.1 Å². The fraction of sp³-hybridized carbons (Fsp3) is 0.0769. The highest BCUT2D eigenvalue weighted by atomic mass is 35.5. The molecule has 0 saturated heterocycles. The monoisotopic (exact) mass is 318 g/mol. The van der Waals surface area contributed by atoms with Crippen molar-refractivity contribution in [2.45, 2.75) is 11.8 Å². The summed E-state index contributed by atoms with van der Waals surface area (Å²) in [6.45, 7) is 1.72. The van der Waals surface area contributed by atoms with E-state index in [0.29, 0.717) is 18.2 Å². The van der Waals surface area contributed by atoms with Crippen molar-refractivity contribution >= 4 is 21.7 Å². The van der Waals surface area contributed by atoms with E-state index in [-0.39, 0.29) is 10.8 Å². The normalized spacial score (nSPS) is 11.4. The quantitative estimate of drug-likeness (QED) is 0.811. The van der Waals surface area contributed by atoms with Crippen LogP contribution in [0, 0.1) is 18.6 Å². The molecule has 2 rings (SSSR count). The minimum Gasteiger partial charge on any atom is -0.377 e. The number of aryl methyl sites for hydroxylation is 1. The molecule has 0 saturated carbocycles. The molecule has 2 aromatic rings. The maximum atomic E-state index is 13.1. The fourth-order valence-electron chi connectivity index (χ4n) is 1.51.